The molecule has 0 saturated carbocycles. The fourth-order valence-corrected chi connectivity index (χ4v) is 4.93. The molecule has 1 aliphatic heterocycles. The van der Waals surface area contributed by atoms with Gasteiger partial charge in [0.25, 0.3) is 0 Å². The van der Waals surface area contributed by atoms with Gasteiger partial charge in [0.2, 0.25) is 10.0 Å². The van der Waals surface area contributed by atoms with Crippen molar-refractivity contribution in [2.24, 2.45) is 0 Å². The van der Waals surface area contributed by atoms with Crippen LogP contribution in [0.3, 0.4) is 0 Å². The van der Waals surface area contributed by atoms with Crippen molar-refractivity contribution in [3.63, 3.8) is 0 Å². The van der Waals surface area contributed by atoms with Crippen LogP contribution in [-0.4, -0.2) is 56.1 Å². The number of urea groups is 1. The van der Waals surface area contributed by atoms with Gasteiger partial charge in [0, 0.05) is 37.1 Å². The van der Waals surface area contributed by atoms with Gasteiger partial charge >= 0.3 is 6.03 Å². The first-order chi connectivity index (χ1) is 13.1. The SMILES string of the molecule is CN(C(=O)Nc1ccc(-c2cc(F)cc(F)c2)s1)C1CCN(S(C)(=O)=O)CC1. The van der Waals surface area contributed by atoms with Gasteiger partial charge in [0.1, 0.15) is 11.6 Å². The van der Waals surface area contributed by atoms with Gasteiger partial charge in [0.15, 0.2) is 0 Å². The molecule has 0 atom stereocenters. The van der Waals surface area contributed by atoms with Crippen LogP contribution in [0.5, 0.6) is 0 Å². The second kappa shape index (κ2) is 8.14. The molecule has 10 heteroatoms. The van der Waals surface area contributed by atoms with E-state index in [1.807, 2.05) is 0 Å². The van der Waals surface area contributed by atoms with Gasteiger partial charge in [-0.2, -0.15) is 0 Å². The zero-order chi connectivity index (χ0) is 20.5. The first-order valence-corrected chi connectivity index (χ1v) is 11.4. The third-order valence-corrected chi connectivity index (χ3v) is 7.10. The lowest BCUT2D eigenvalue weighted by atomic mass is 10.1. The Morgan fingerprint density at radius 2 is 1.79 bits per heavy atom. The monoisotopic (exact) mass is 429 g/mol. The molecule has 0 radical (unpaired) electrons. The third-order valence-electron chi connectivity index (χ3n) is 4.74. The number of piperidine rings is 1. The maximum Gasteiger partial charge on any atom is 0.322 e. The van der Waals surface area contributed by atoms with E-state index in [0.29, 0.717) is 41.4 Å². The van der Waals surface area contributed by atoms with Crippen LogP contribution in [0, 0.1) is 11.6 Å². The average Bonchev–Trinajstić information content (AvgIpc) is 3.08. The van der Waals surface area contributed by atoms with Gasteiger partial charge in [0.05, 0.1) is 11.3 Å². The fourth-order valence-electron chi connectivity index (χ4n) is 3.18. The lowest BCUT2D eigenvalue weighted by Gasteiger charge is -2.35. The topological polar surface area (TPSA) is 69.7 Å². The highest BCUT2D eigenvalue weighted by molar-refractivity contribution is 7.88. The minimum Gasteiger partial charge on any atom is -0.324 e. The van der Waals surface area contributed by atoms with Gasteiger partial charge in [-0.05, 0) is 42.7 Å². The first kappa shape index (κ1) is 20.7. The molecule has 6 nitrogen and oxygen atoms in total. The Balaban J connectivity index is 1.61. The maximum absolute atomic E-state index is 13.4. The van der Waals surface area contributed by atoms with Crippen LogP contribution in [0.2, 0.25) is 0 Å². The van der Waals surface area contributed by atoms with Gasteiger partial charge in [-0.15, -0.1) is 11.3 Å². The number of anilines is 1. The second-order valence-corrected chi connectivity index (χ2v) is 9.82. The smallest absolute Gasteiger partial charge is 0.322 e. The van der Waals surface area contributed by atoms with E-state index in [2.05, 4.69) is 5.32 Å². The number of rotatable bonds is 4. The molecule has 2 amide bonds. The Bertz CT molecular complexity index is 950. The summed E-state index contributed by atoms with van der Waals surface area (Å²) in [4.78, 5) is 14.7. The van der Waals surface area contributed by atoms with Gasteiger partial charge < -0.3 is 4.90 Å². The molecule has 2 heterocycles. The summed E-state index contributed by atoms with van der Waals surface area (Å²) in [5.41, 5.74) is 0.407. The molecule has 1 N–H and O–H groups in total. The number of carbonyl (C=O) groups is 1. The molecule has 1 saturated heterocycles. The first-order valence-electron chi connectivity index (χ1n) is 8.69. The number of hydrogen-bond donors (Lipinski definition) is 1. The maximum atomic E-state index is 13.4. The number of benzene rings is 1. The number of nitrogens with zero attached hydrogens (tertiary/aromatic N) is 2. The van der Waals surface area contributed by atoms with Crippen LogP contribution < -0.4 is 5.32 Å². The highest BCUT2D eigenvalue weighted by Crippen LogP contribution is 2.32. The van der Waals surface area contributed by atoms with Crippen LogP contribution in [0.15, 0.2) is 30.3 Å². The van der Waals surface area contributed by atoms with E-state index in [9.17, 15) is 22.0 Å². The highest BCUT2D eigenvalue weighted by Gasteiger charge is 2.29. The second-order valence-electron chi connectivity index (χ2n) is 6.76. The zero-order valence-corrected chi connectivity index (χ0v) is 17.1. The van der Waals surface area contributed by atoms with Crippen LogP contribution in [0.25, 0.3) is 10.4 Å². The number of nitrogens with one attached hydrogen (secondary N) is 1. The summed E-state index contributed by atoms with van der Waals surface area (Å²) in [7, 11) is -1.54. The van der Waals surface area contributed by atoms with E-state index in [4.69, 9.17) is 0 Å². The molecule has 0 aliphatic carbocycles. The van der Waals surface area contributed by atoms with Crippen molar-refractivity contribution < 1.29 is 22.0 Å². The number of sulfonamides is 1. The van der Waals surface area contributed by atoms with Crippen molar-refractivity contribution in [3.05, 3.63) is 42.0 Å². The van der Waals surface area contributed by atoms with Crippen molar-refractivity contribution in [2.75, 3.05) is 31.7 Å². The van der Waals surface area contributed by atoms with Gasteiger partial charge in [-0.1, -0.05) is 0 Å². The standard InChI is InChI=1S/C18H21F2N3O3S2/c1-22(15-5-7-23(8-6-15)28(2,25)26)18(24)21-17-4-3-16(27-17)12-9-13(19)11-14(20)10-12/h3-4,9-11,15H,5-8H2,1-2H3,(H,21,24). The van der Waals surface area contributed by atoms with E-state index < -0.39 is 21.7 Å². The molecular formula is C18H21F2N3O3S2. The summed E-state index contributed by atoms with van der Waals surface area (Å²) in [6.07, 6.45) is 2.31. The zero-order valence-electron chi connectivity index (χ0n) is 15.5. The molecule has 1 aromatic heterocycles. The van der Waals surface area contributed by atoms with Crippen molar-refractivity contribution in [3.8, 4) is 10.4 Å². The molecule has 28 heavy (non-hydrogen) atoms. The minimum absolute atomic E-state index is 0.0604. The summed E-state index contributed by atoms with van der Waals surface area (Å²) in [6.45, 7) is 0.769. The molecule has 0 bridgehead atoms. The largest absolute Gasteiger partial charge is 0.324 e. The van der Waals surface area contributed by atoms with Crippen LogP contribution in [0.1, 0.15) is 12.8 Å². The summed E-state index contributed by atoms with van der Waals surface area (Å²) in [5, 5.41) is 3.35. The van der Waals surface area contributed by atoms with Crippen molar-refractivity contribution in [2.45, 2.75) is 18.9 Å². The van der Waals surface area contributed by atoms with E-state index >= 15 is 0 Å². The highest BCUT2D eigenvalue weighted by atomic mass is 32.2. The summed E-state index contributed by atoms with van der Waals surface area (Å²) >= 11 is 1.22. The van der Waals surface area contributed by atoms with E-state index in [-0.39, 0.29) is 12.1 Å². The third kappa shape index (κ3) is 4.86. The summed E-state index contributed by atoms with van der Waals surface area (Å²) in [5.74, 6) is -1.32. The number of carbonyl (C=O) groups excluding carboxylic acids is 1. The molecule has 3 rings (SSSR count). The molecule has 0 spiro atoms. The number of amides is 2. The van der Waals surface area contributed by atoms with Crippen molar-refractivity contribution in [1.82, 2.24) is 9.21 Å². The lowest BCUT2D eigenvalue weighted by Crippen LogP contribution is -2.48. The Morgan fingerprint density at radius 1 is 1.18 bits per heavy atom. The van der Waals surface area contributed by atoms with Crippen molar-refractivity contribution >= 4 is 32.4 Å². The number of thiophene rings is 1. The predicted molar refractivity (Wildman–Crippen MR) is 106 cm³/mol. The molecule has 1 aliphatic rings. The van der Waals surface area contributed by atoms with E-state index in [0.717, 1.165) is 6.07 Å². The van der Waals surface area contributed by atoms with E-state index in [1.165, 1.54) is 34.0 Å². The van der Waals surface area contributed by atoms with Gasteiger partial charge in [-0.25, -0.2) is 26.3 Å². The average molecular weight is 430 g/mol. The van der Waals surface area contributed by atoms with Crippen molar-refractivity contribution in [1.29, 1.82) is 0 Å². The lowest BCUT2D eigenvalue weighted by molar-refractivity contribution is 0.174. The van der Waals surface area contributed by atoms with Gasteiger partial charge in [-0.3, -0.25) is 5.32 Å². The molecule has 1 fully saturated rings. The van der Waals surface area contributed by atoms with Crippen LogP contribution >= 0.6 is 11.3 Å². The number of halogens is 2. The van der Waals surface area contributed by atoms with E-state index in [1.54, 1.807) is 24.1 Å². The van der Waals surface area contributed by atoms with Crippen LogP contribution in [-0.2, 0) is 10.0 Å². The predicted octanol–water partition coefficient (Wildman–Crippen LogP) is 3.58. The molecule has 152 valence electrons. The Hall–Kier alpha value is -2.04. The minimum atomic E-state index is -3.21. The fraction of sp³-hybridized carbons (Fsp3) is 0.389. The summed E-state index contributed by atoms with van der Waals surface area (Å²) in [6, 6.07) is 6.29. The molecular weight excluding hydrogens is 408 g/mol. The Morgan fingerprint density at radius 3 is 2.36 bits per heavy atom. The molecule has 1 aromatic carbocycles. The normalized spacial score (nSPS) is 16.1. The number of hydrogen-bond acceptors (Lipinski definition) is 4. The summed E-state index contributed by atoms with van der Waals surface area (Å²) < 4.78 is 51.4. The Labute approximate surface area is 166 Å². The quantitative estimate of drug-likeness (QED) is 0.808. The molecule has 0 unspecified atom stereocenters. The van der Waals surface area contributed by atoms with Crippen LogP contribution in [0.4, 0.5) is 18.6 Å². The molecule has 2 aromatic rings. The Kier molecular flexibility index (Phi) is 6.01.